The van der Waals surface area contributed by atoms with Crippen molar-refractivity contribution >= 4 is 35.3 Å². The van der Waals surface area contributed by atoms with Crippen molar-refractivity contribution in [2.24, 2.45) is 5.92 Å². The lowest BCUT2D eigenvalue weighted by Crippen LogP contribution is -2.37. The first kappa shape index (κ1) is 26.7. The minimum atomic E-state index is -0.404. The average molecular weight is 551 g/mol. The Labute approximate surface area is 232 Å². The summed E-state index contributed by atoms with van der Waals surface area (Å²) in [6, 6.07) is 18.8. The molecule has 1 N–H and O–H groups in total. The summed E-state index contributed by atoms with van der Waals surface area (Å²) >= 11 is 2.71. The molecule has 0 saturated heterocycles. The molecule has 2 aromatic carbocycles. The molecule has 2 saturated carbocycles. The van der Waals surface area contributed by atoms with Crippen molar-refractivity contribution in [3.63, 3.8) is 0 Å². The highest BCUT2D eigenvalue weighted by Crippen LogP contribution is 2.39. The van der Waals surface area contributed by atoms with Gasteiger partial charge < -0.3 is 15.0 Å². The quantitative estimate of drug-likeness (QED) is 0.303. The molecule has 38 heavy (non-hydrogen) atoms. The van der Waals surface area contributed by atoms with Crippen LogP contribution in [0, 0.1) is 5.92 Å². The Bertz CT molecular complexity index is 1230. The molecule has 1 unspecified atom stereocenters. The van der Waals surface area contributed by atoms with Crippen molar-refractivity contribution in [2.75, 3.05) is 6.26 Å². The molecule has 0 aliphatic heterocycles. The van der Waals surface area contributed by atoms with Crippen molar-refractivity contribution in [1.82, 2.24) is 19.6 Å². The van der Waals surface area contributed by atoms with Crippen molar-refractivity contribution in [3.8, 4) is 6.01 Å². The molecule has 2 aliphatic carbocycles. The summed E-state index contributed by atoms with van der Waals surface area (Å²) in [5.41, 5.74) is 3.35. The molecule has 2 amide bonds. The Morgan fingerprint density at radius 1 is 1.08 bits per heavy atom. The number of amides is 2. The maximum atomic E-state index is 13.3. The number of rotatable bonds is 9. The zero-order valence-corrected chi connectivity index (χ0v) is 23.5. The lowest BCUT2D eigenvalue weighted by atomic mass is 9.74. The standard InChI is InChI=1S/C29H34N4O3S2/c1-19(21-8-4-3-5-9-21)30-26(34)25-11-7-6-10-24(25)22-14-12-20(13-15-22)18-33(23-16-17-23)29(35)36-27-31-28(37-2)38-32-27/h3-5,8-9,12-15,19,23-25H,6-7,10-11,16-18H2,1-2H3,(H,30,34)/t19-,24?,25-/m0/s1. The highest BCUT2D eigenvalue weighted by Gasteiger charge is 2.35. The van der Waals surface area contributed by atoms with Gasteiger partial charge in [0.05, 0.1) is 6.04 Å². The van der Waals surface area contributed by atoms with Crippen LogP contribution < -0.4 is 10.1 Å². The van der Waals surface area contributed by atoms with Gasteiger partial charge in [-0.2, -0.15) is 4.98 Å². The molecule has 200 valence electrons. The molecule has 2 aliphatic rings. The number of thioether (sulfide) groups is 1. The van der Waals surface area contributed by atoms with Crippen LogP contribution in [0.1, 0.15) is 74.1 Å². The van der Waals surface area contributed by atoms with Crippen molar-refractivity contribution < 1.29 is 14.3 Å². The molecule has 1 aromatic heterocycles. The third-order valence-corrected chi connectivity index (χ3v) is 9.15. The Morgan fingerprint density at radius 2 is 1.82 bits per heavy atom. The Kier molecular flexibility index (Phi) is 8.64. The maximum absolute atomic E-state index is 13.3. The van der Waals surface area contributed by atoms with Gasteiger partial charge in [-0.25, -0.2) is 4.79 Å². The molecule has 1 heterocycles. The van der Waals surface area contributed by atoms with Gasteiger partial charge in [-0.05, 0) is 73.0 Å². The van der Waals surface area contributed by atoms with E-state index < -0.39 is 6.09 Å². The van der Waals surface area contributed by atoms with Gasteiger partial charge in [0.1, 0.15) is 0 Å². The number of carbonyl (C=O) groups is 2. The van der Waals surface area contributed by atoms with Gasteiger partial charge >= 0.3 is 12.1 Å². The van der Waals surface area contributed by atoms with Crippen LogP contribution in [0.2, 0.25) is 0 Å². The van der Waals surface area contributed by atoms with E-state index in [9.17, 15) is 9.59 Å². The van der Waals surface area contributed by atoms with E-state index in [1.54, 1.807) is 4.90 Å². The lowest BCUT2D eigenvalue weighted by molar-refractivity contribution is -0.127. The number of ether oxygens (including phenoxy) is 1. The van der Waals surface area contributed by atoms with E-state index in [2.05, 4.69) is 51.1 Å². The minimum Gasteiger partial charge on any atom is -0.373 e. The summed E-state index contributed by atoms with van der Waals surface area (Å²) in [6.45, 7) is 2.52. The predicted molar refractivity (Wildman–Crippen MR) is 150 cm³/mol. The zero-order valence-electron chi connectivity index (χ0n) is 21.8. The number of aromatic nitrogens is 2. The minimum absolute atomic E-state index is 0.0198. The normalized spacial score (nSPS) is 19.9. The molecule has 7 nitrogen and oxygen atoms in total. The van der Waals surface area contributed by atoms with E-state index in [-0.39, 0.29) is 35.8 Å². The Balaban J connectivity index is 1.23. The zero-order chi connectivity index (χ0) is 26.5. The van der Waals surface area contributed by atoms with E-state index >= 15 is 0 Å². The van der Waals surface area contributed by atoms with Crippen LogP contribution in [-0.2, 0) is 11.3 Å². The monoisotopic (exact) mass is 550 g/mol. The van der Waals surface area contributed by atoms with E-state index in [4.69, 9.17) is 4.74 Å². The number of benzene rings is 2. The van der Waals surface area contributed by atoms with Crippen molar-refractivity contribution in [3.05, 3.63) is 71.3 Å². The second-order valence-corrected chi connectivity index (χ2v) is 12.0. The van der Waals surface area contributed by atoms with Gasteiger partial charge in [-0.3, -0.25) is 4.79 Å². The van der Waals surface area contributed by atoms with Crippen LogP contribution >= 0.6 is 23.3 Å². The highest BCUT2D eigenvalue weighted by molar-refractivity contribution is 8.00. The largest absolute Gasteiger partial charge is 0.418 e. The summed E-state index contributed by atoms with van der Waals surface area (Å²) in [5, 5.41) is 3.25. The second kappa shape index (κ2) is 12.3. The molecular weight excluding hydrogens is 516 g/mol. The predicted octanol–water partition coefficient (Wildman–Crippen LogP) is 6.57. The van der Waals surface area contributed by atoms with Crippen molar-refractivity contribution in [1.29, 1.82) is 0 Å². The number of hydrogen-bond acceptors (Lipinski definition) is 7. The van der Waals surface area contributed by atoms with Crippen molar-refractivity contribution in [2.45, 2.75) is 74.3 Å². The third-order valence-electron chi connectivity index (χ3n) is 7.49. The molecule has 5 rings (SSSR count). The SMILES string of the molecule is CSc1nc(OC(=O)N(Cc2ccc(C3CCCC[C@@H]3C(=O)N[C@@H](C)c3ccccc3)cc2)C2CC2)ns1. The summed E-state index contributed by atoms with van der Waals surface area (Å²) in [6.07, 6.45) is 7.60. The summed E-state index contributed by atoms with van der Waals surface area (Å²) in [4.78, 5) is 32.2. The van der Waals surface area contributed by atoms with Gasteiger partial charge in [-0.15, -0.1) is 4.37 Å². The van der Waals surface area contributed by atoms with E-state index in [1.165, 1.54) is 28.9 Å². The first-order valence-corrected chi connectivity index (χ1v) is 15.3. The van der Waals surface area contributed by atoms with Crippen LogP contribution in [0.5, 0.6) is 6.01 Å². The van der Waals surface area contributed by atoms with Gasteiger partial charge in [-0.1, -0.05) is 79.2 Å². The fraction of sp³-hybridized carbons (Fsp3) is 0.448. The molecule has 3 aromatic rings. The first-order chi connectivity index (χ1) is 18.5. The van der Waals surface area contributed by atoms with Crippen LogP contribution in [-0.4, -0.2) is 38.6 Å². The molecular formula is C29H34N4O3S2. The number of nitrogens with one attached hydrogen (secondary N) is 1. The Hall–Kier alpha value is -2.91. The summed E-state index contributed by atoms with van der Waals surface area (Å²) in [7, 11) is 0. The van der Waals surface area contributed by atoms with E-state index in [0.29, 0.717) is 6.54 Å². The number of nitrogens with zero attached hydrogens (tertiary/aromatic N) is 3. The van der Waals surface area contributed by atoms with Gasteiger partial charge in [0, 0.05) is 18.5 Å². The van der Waals surface area contributed by atoms with E-state index in [0.717, 1.165) is 54.0 Å². The molecule has 2 fully saturated rings. The van der Waals surface area contributed by atoms with Crippen LogP contribution in [0.3, 0.4) is 0 Å². The molecule has 0 spiro atoms. The molecule has 3 atom stereocenters. The average Bonchev–Trinajstić information content (AvgIpc) is 3.70. The molecule has 0 radical (unpaired) electrons. The maximum Gasteiger partial charge on any atom is 0.418 e. The van der Waals surface area contributed by atoms with Crippen LogP contribution in [0.25, 0.3) is 0 Å². The van der Waals surface area contributed by atoms with E-state index in [1.807, 2.05) is 31.4 Å². The Morgan fingerprint density at radius 3 is 2.50 bits per heavy atom. The van der Waals surface area contributed by atoms with Gasteiger partial charge in [0.15, 0.2) is 4.34 Å². The third kappa shape index (κ3) is 6.56. The number of carbonyl (C=O) groups excluding carboxylic acids is 2. The van der Waals surface area contributed by atoms with Crippen LogP contribution in [0.4, 0.5) is 4.79 Å². The second-order valence-electron chi connectivity index (χ2n) is 10.2. The summed E-state index contributed by atoms with van der Waals surface area (Å²) < 4.78 is 10.4. The van der Waals surface area contributed by atoms with Crippen LogP contribution in [0.15, 0.2) is 58.9 Å². The topological polar surface area (TPSA) is 84.4 Å². The highest BCUT2D eigenvalue weighted by atomic mass is 32.2. The van der Waals surface area contributed by atoms with Gasteiger partial charge in [0.2, 0.25) is 5.91 Å². The molecule has 9 heteroatoms. The van der Waals surface area contributed by atoms with Gasteiger partial charge in [0.25, 0.3) is 0 Å². The smallest absolute Gasteiger partial charge is 0.373 e. The lowest BCUT2D eigenvalue weighted by Gasteiger charge is -2.32. The fourth-order valence-corrected chi connectivity index (χ4v) is 6.18. The molecule has 0 bridgehead atoms. The summed E-state index contributed by atoms with van der Waals surface area (Å²) in [5.74, 6) is 0.306. The fourth-order valence-electron chi connectivity index (χ4n) is 5.24. The first-order valence-electron chi connectivity index (χ1n) is 13.3. The number of hydrogen-bond donors (Lipinski definition) is 1.